The van der Waals surface area contributed by atoms with E-state index in [9.17, 15) is 29.7 Å². The monoisotopic (exact) mass is 814 g/mol. The van der Waals surface area contributed by atoms with Crippen molar-refractivity contribution in [3.8, 4) is 12.1 Å². The summed E-state index contributed by atoms with van der Waals surface area (Å²) in [6, 6.07) is 8.44. The van der Waals surface area contributed by atoms with Crippen molar-refractivity contribution >= 4 is 35.5 Å². The van der Waals surface area contributed by atoms with Gasteiger partial charge in [-0.05, 0) is 134 Å². The molecule has 1 unspecified atom stereocenters. The number of nitriles is 2. The molecule has 310 valence electrons. The summed E-state index contributed by atoms with van der Waals surface area (Å²) in [6.07, 6.45) is 11.6. The summed E-state index contributed by atoms with van der Waals surface area (Å²) < 4.78 is 25.4. The van der Waals surface area contributed by atoms with Crippen molar-refractivity contribution in [2.75, 3.05) is 23.8 Å². The van der Waals surface area contributed by atoms with Crippen LogP contribution in [0.3, 0.4) is 0 Å². The zero-order valence-electron chi connectivity index (χ0n) is 33.5. The molecule has 0 aliphatic heterocycles. The molecule has 16 nitrogen and oxygen atoms in total. The zero-order chi connectivity index (χ0) is 41.8. The molecule has 16 heteroatoms. The first-order chi connectivity index (χ1) is 29.2. The van der Waals surface area contributed by atoms with Gasteiger partial charge in [-0.1, -0.05) is 12.1 Å². The molecule has 0 fully saturated rings. The Morgan fingerprint density at radius 1 is 0.783 bits per heavy atom. The number of aromatic nitrogens is 4. The van der Waals surface area contributed by atoms with Gasteiger partial charge in [-0.15, -0.1) is 0 Å². The minimum atomic E-state index is -1.32. The molecule has 3 atom stereocenters. The number of fused-ring (bicyclic) bond motifs is 4. The van der Waals surface area contributed by atoms with Crippen LogP contribution < -0.4 is 10.6 Å². The summed E-state index contributed by atoms with van der Waals surface area (Å²) >= 11 is 0. The number of benzene rings is 2. The normalized spacial score (nSPS) is 16.6. The van der Waals surface area contributed by atoms with E-state index in [1.807, 2.05) is 12.1 Å². The highest BCUT2D eigenvalue weighted by Gasteiger charge is 2.34. The third-order valence-electron chi connectivity index (χ3n) is 12.0. The van der Waals surface area contributed by atoms with Crippen LogP contribution in [0.4, 0.5) is 21.0 Å². The standard InChI is InChI=1S/C44H46N8O8/c1-2-57-41(53)38(23-52-24-47-20-31(52)19-46)60-44(56)50-40-34-11-5-8-29(34)17-36-26(12-13-35(36)40)14-15-58-42(54)37(22-51-21-30(18-45)48-25-51)59-43(55)49-39-32-9-3-6-27(32)16-28-7-4-10-33(28)39/h16-17,20-21,24-26,37-38H,2-15,22-23H2,1H3,(H,49,55)(H,50,56)/t26?,37-,38-/m1/s1. The Morgan fingerprint density at radius 2 is 1.40 bits per heavy atom. The lowest BCUT2D eigenvalue weighted by atomic mass is 9.93. The third-order valence-corrected chi connectivity index (χ3v) is 12.0. The molecule has 2 amide bonds. The number of imidazole rings is 2. The Labute approximate surface area is 346 Å². The number of hydrogen-bond donors (Lipinski definition) is 2. The molecule has 2 aromatic carbocycles. The molecule has 2 heterocycles. The highest BCUT2D eigenvalue weighted by molar-refractivity contribution is 5.91. The second-order valence-electron chi connectivity index (χ2n) is 15.6. The van der Waals surface area contributed by atoms with Gasteiger partial charge in [-0.25, -0.2) is 29.1 Å². The van der Waals surface area contributed by atoms with Crippen LogP contribution in [-0.4, -0.2) is 68.6 Å². The molecule has 0 saturated heterocycles. The summed E-state index contributed by atoms with van der Waals surface area (Å²) in [5.74, 6) is -1.44. The fourth-order valence-corrected chi connectivity index (χ4v) is 9.26. The molecular formula is C44H46N8O8. The van der Waals surface area contributed by atoms with Gasteiger partial charge in [0.25, 0.3) is 0 Å². The van der Waals surface area contributed by atoms with E-state index < -0.39 is 36.3 Å². The maximum Gasteiger partial charge on any atom is 0.412 e. The number of aryl methyl sites for hydroxylation is 3. The maximum absolute atomic E-state index is 13.7. The van der Waals surface area contributed by atoms with E-state index >= 15 is 0 Å². The first kappa shape index (κ1) is 40.1. The number of carbonyl (C=O) groups is 4. The molecule has 4 aliphatic carbocycles. The van der Waals surface area contributed by atoms with Crippen LogP contribution in [-0.2, 0) is 86.6 Å². The number of hydrogen-bond acceptors (Lipinski definition) is 12. The molecule has 8 rings (SSSR count). The molecule has 60 heavy (non-hydrogen) atoms. The molecular weight excluding hydrogens is 769 g/mol. The van der Waals surface area contributed by atoms with Crippen LogP contribution in [0, 0.1) is 22.7 Å². The largest absolute Gasteiger partial charge is 0.463 e. The van der Waals surface area contributed by atoms with Crippen LogP contribution in [0.25, 0.3) is 0 Å². The number of rotatable bonds is 14. The van der Waals surface area contributed by atoms with E-state index in [1.165, 1.54) is 45.3 Å². The minimum Gasteiger partial charge on any atom is -0.463 e. The highest BCUT2D eigenvalue weighted by atomic mass is 16.6. The Bertz CT molecular complexity index is 2390. The van der Waals surface area contributed by atoms with Crippen molar-refractivity contribution in [2.24, 2.45) is 0 Å². The van der Waals surface area contributed by atoms with Gasteiger partial charge >= 0.3 is 24.1 Å². The number of carbonyl (C=O) groups excluding carboxylic acids is 4. The molecule has 0 radical (unpaired) electrons. The average molecular weight is 815 g/mol. The van der Waals surface area contributed by atoms with Crippen molar-refractivity contribution < 1.29 is 38.1 Å². The van der Waals surface area contributed by atoms with Crippen molar-refractivity contribution in [1.82, 2.24) is 19.1 Å². The topological polar surface area (TPSA) is 212 Å². The number of nitrogens with zero attached hydrogens (tertiary/aromatic N) is 6. The lowest BCUT2D eigenvalue weighted by Crippen LogP contribution is -2.35. The molecule has 0 saturated carbocycles. The van der Waals surface area contributed by atoms with E-state index in [0.717, 1.165) is 103 Å². The van der Waals surface area contributed by atoms with Crippen molar-refractivity contribution in [3.63, 3.8) is 0 Å². The zero-order valence-corrected chi connectivity index (χ0v) is 33.5. The molecule has 0 spiro atoms. The smallest absolute Gasteiger partial charge is 0.412 e. The molecule has 0 bridgehead atoms. The predicted molar refractivity (Wildman–Crippen MR) is 214 cm³/mol. The SMILES string of the molecule is CCOC(=O)[C@@H](Cn1cncc1C#N)OC(=O)Nc1c2c(cc3c1CCC3CCOC(=O)[C@@H](Cn1cnc(C#N)c1)OC(=O)Nc1c3c(cc4c1CCC4)CCC3)CCC2. The van der Waals surface area contributed by atoms with E-state index in [2.05, 4.69) is 32.7 Å². The van der Waals surface area contributed by atoms with E-state index in [-0.39, 0.29) is 43.6 Å². The predicted octanol–water partition coefficient (Wildman–Crippen LogP) is 5.75. The fourth-order valence-electron chi connectivity index (χ4n) is 9.26. The molecule has 2 N–H and O–H groups in total. The summed E-state index contributed by atoms with van der Waals surface area (Å²) in [5, 5.41) is 24.7. The fraction of sp³-hybridized carbons (Fsp3) is 0.455. The van der Waals surface area contributed by atoms with Crippen molar-refractivity contribution in [3.05, 3.63) is 93.1 Å². The van der Waals surface area contributed by atoms with Crippen LogP contribution >= 0.6 is 0 Å². The molecule has 4 aliphatic rings. The maximum atomic E-state index is 13.7. The minimum absolute atomic E-state index is 0.0185. The molecule has 4 aromatic rings. The summed E-state index contributed by atoms with van der Waals surface area (Å²) in [4.78, 5) is 61.6. The van der Waals surface area contributed by atoms with Gasteiger partial charge in [-0.3, -0.25) is 10.6 Å². The molecule has 2 aromatic heterocycles. The number of esters is 2. The highest BCUT2D eigenvalue weighted by Crippen LogP contribution is 2.45. The Hall–Kier alpha value is -6.68. The van der Waals surface area contributed by atoms with Gasteiger partial charge in [-0.2, -0.15) is 10.5 Å². The lowest BCUT2D eigenvalue weighted by molar-refractivity contribution is -0.154. The summed E-state index contributed by atoms with van der Waals surface area (Å²) in [7, 11) is 0. The van der Waals surface area contributed by atoms with Crippen LogP contribution in [0.15, 0.2) is 37.2 Å². The summed E-state index contributed by atoms with van der Waals surface area (Å²) in [6.45, 7) is 1.56. The van der Waals surface area contributed by atoms with Crippen LogP contribution in [0.5, 0.6) is 0 Å². The van der Waals surface area contributed by atoms with Gasteiger partial charge in [0.15, 0.2) is 5.69 Å². The summed E-state index contributed by atoms with van der Waals surface area (Å²) in [5.41, 5.74) is 10.8. The van der Waals surface area contributed by atoms with Gasteiger partial charge in [0.1, 0.15) is 17.8 Å². The van der Waals surface area contributed by atoms with Crippen molar-refractivity contribution in [2.45, 2.75) is 115 Å². The third kappa shape index (κ3) is 8.41. The van der Waals surface area contributed by atoms with Gasteiger partial charge < -0.3 is 28.1 Å². The van der Waals surface area contributed by atoms with Crippen LogP contribution in [0.2, 0.25) is 0 Å². The average Bonchev–Trinajstić information content (AvgIpc) is 4.10. The second kappa shape index (κ2) is 17.7. The number of ether oxygens (including phenoxy) is 4. The van der Waals surface area contributed by atoms with Gasteiger partial charge in [0, 0.05) is 6.20 Å². The van der Waals surface area contributed by atoms with Crippen LogP contribution in [0.1, 0.15) is 101 Å². The van der Waals surface area contributed by atoms with Gasteiger partial charge in [0.05, 0.1) is 56.5 Å². The van der Waals surface area contributed by atoms with E-state index in [0.29, 0.717) is 18.5 Å². The Balaban J connectivity index is 0.940. The van der Waals surface area contributed by atoms with Crippen molar-refractivity contribution in [1.29, 1.82) is 10.5 Å². The number of amides is 2. The first-order valence-electron chi connectivity index (χ1n) is 20.7. The number of anilines is 2. The number of nitrogens with one attached hydrogen (secondary N) is 2. The second-order valence-corrected chi connectivity index (χ2v) is 15.6. The lowest BCUT2D eigenvalue weighted by Gasteiger charge is -2.21. The van der Waals surface area contributed by atoms with E-state index in [4.69, 9.17) is 18.9 Å². The Morgan fingerprint density at radius 3 is 2.02 bits per heavy atom. The van der Waals surface area contributed by atoms with E-state index in [1.54, 1.807) is 6.92 Å². The first-order valence-corrected chi connectivity index (χ1v) is 20.7. The quantitative estimate of drug-likeness (QED) is 0.115. The van der Waals surface area contributed by atoms with Gasteiger partial charge in [0.2, 0.25) is 12.2 Å². The Kier molecular flexibility index (Phi) is 11.8.